The van der Waals surface area contributed by atoms with Crippen molar-refractivity contribution in [1.82, 2.24) is 14.3 Å². The summed E-state index contributed by atoms with van der Waals surface area (Å²) in [5.74, 6) is 0.886. The van der Waals surface area contributed by atoms with Gasteiger partial charge in [0.15, 0.2) is 0 Å². The number of nitrogens with one attached hydrogen (secondary N) is 1. The fourth-order valence-electron chi connectivity index (χ4n) is 2.13. The summed E-state index contributed by atoms with van der Waals surface area (Å²) in [5.41, 5.74) is 3.51. The molecule has 0 saturated carbocycles. The first-order chi connectivity index (χ1) is 11.0. The number of rotatable bonds is 4. The summed E-state index contributed by atoms with van der Waals surface area (Å²) in [4.78, 5) is 8.71. The number of aromatic nitrogens is 3. The lowest BCUT2D eigenvalue weighted by Gasteiger charge is -2.12. The van der Waals surface area contributed by atoms with Crippen molar-refractivity contribution in [3.63, 3.8) is 0 Å². The van der Waals surface area contributed by atoms with Crippen LogP contribution in [0, 0.1) is 0 Å². The second-order valence-electron chi connectivity index (χ2n) is 6.47. The Morgan fingerprint density at radius 3 is 2.43 bits per heavy atom. The molecular weight excluding hydrogens is 304 g/mol. The van der Waals surface area contributed by atoms with E-state index in [1.165, 1.54) is 22.7 Å². The Hall–Kier alpha value is -2.27. The molecule has 4 nitrogen and oxygen atoms in total. The molecule has 0 saturated heterocycles. The van der Waals surface area contributed by atoms with E-state index in [4.69, 9.17) is 0 Å². The monoisotopic (exact) mass is 324 g/mol. The van der Waals surface area contributed by atoms with Gasteiger partial charge in [-0.25, -0.2) is 4.98 Å². The molecule has 0 aliphatic rings. The van der Waals surface area contributed by atoms with Gasteiger partial charge in [-0.15, -0.1) is 0 Å². The molecule has 0 spiro atoms. The normalized spacial score (nSPS) is 11.4. The molecule has 5 heteroatoms. The summed E-state index contributed by atoms with van der Waals surface area (Å²) < 4.78 is 4.41. The van der Waals surface area contributed by atoms with E-state index in [0.717, 1.165) is 23.1 Å². The second-order valence-corrected chi connectivity index (χ2v) is 7.22. The number of hydrogen-bond donors (Lipinski definition) is 1. The predicted octanol–water partition coefficient (Wildman–Crippen LogP) is 4.51. The van der Waals surface area contributed by atoms with Gasteiger partial charge in [-0.3, -0.25) is 4.98 Å². The van der Waals surface area contributed by atoms with Crippen LogP contribution in [0.25, 0.3) is 11.1 Å². The second kappa shape index (κ2) is 6.46. The lowest BCUT2D eigenvalue weighted by molar-refractivity contribution is 0.555. The van der Waals surface area contributed by atoms with Crippen LogP contribution in [-0.4, -0.2) is 14.3 Å². The summed E-state index contributed by atoms with van der Waals surface area (Å²) in [6.45, 7) is 7.11. The van der Waals surface area contributed by atoms with Gasteiger partial charge in [0.25, 0.3) is 0 Å². The Morgan fingerprint density at radius 2 is 1.83 bits per heavy atom. The van der Waals surface area contributed by atoms with Crippen molar-refractivity contribution in [2.45, 2.75) is 32.7 Å². The first-order valence-corrected chi connectivity index (χ1v) is 8.37. The van der Waals surface area contributed by atoms with E-state index < -0.39 is 0 Å². The zero-order valence-electron chi connectivity index (χ0n) is 13.6. The number of anilines is 1. The molecule has 0 amide bonds. The zero-order valence-corrected chi connectivity index (χ0v) is 14.4. The van der Waals surface area contributed by atoms with Crippen LogP contribution >= 0.6 is 11.5 Å². The minimum atomic E-state index is -0.0121. The van der Waals surface area contributed by atoms with E-state index in [9.17, 15) is 0 Å². The van der Waals surface area contributed by atoms with Gasteiger partial charge in [0.05, 0.1) is 0 Å². The van der Waals surface area contributed by atoms with Crippen molar-refractivity contribution in [2.75, 3.05) is 5.32 Å². The van der Waals surface area contributed by atoms with Gasteiger partial charge in [-0.1, -0.05) is 51.1 Å². The Bertz CT molecular complexity index is 758. The summed E-state index contributed by atoms with van der Waals surface area (Å²) in [6.07, 6.45) is 3.66. The summed E-state index contributed by atoms with van der Waals surface area (Å²) >= 11 is 1.42. The van der Waals surface area contributed by atoms with Crippen molar-refractivity contribution in [3.8, 4) is 11.1 Å². The highest BCUT2D eigenvalue weighted by Crippen LogP contribution is 2.23. The average molecular weight is 324 g/mol. The van der Waals surface area contributed by atoms with E-state index >= 15 is 0 Å². The predicted molar refractivity (Wildman–Crippen MR) is 95.6 cm³/mol. The molecule has 0 unspecified atom stereocenters. The van der Waals surface area contributed by atoms with Crippen LogP contribution in [0.15, 0.2) is 48.8 Å². The molecular formula is C18H20N4S. The Morgan fingerprint density at radius 1 is 1.04 bits per heavy atom. The highest BCUT2D eigenvalue weighted by molar-refractivity contribution is 7.09. The van der Waals surface area contributed by atoms with Gasteiger partial charge in [-0.2, -0.15) is 4.37 Å². The molecule has 3 rings (SSSR count). The standard InChI is InChI=1S/C18H20N4S/c1-18(2,3)16-21-17(23-22-16)20-11-13-6-8-14(9-7-13)15-5-4-10-19-12-15/h4-10,12H,11H2,1-3H3,(H,20,21,22). The molecule has 1 aromatic carbocycles. The third kappa shape index (κ3) is 3.93. The lowest BCUT2D eigenvalue weighted by atomic mass is 9.96. The SMILES string of the molecule is CC(C)(C)c1nsc(NCc2ccc(-c3cccnc3)cc2)n1. The van der Waals surface area contributed by atoms with Crippen molar-refractivity contribution >= 4 is 16.7 Å². The fraction of sp³-hybridized carbons (Fsp3) is 0.278. The molecule has 23 heavy (non-hydrogen) atoms. The minimum Gasteiger partial charge on any atom is -0.356 e. The minimum absolute atomic E-state index is 0.0121. The molecule has 3 aromatic rings. The molecule has 1 N–H and O–H groups in total. The largest absolute Gasteiger partial charge is 0.356 e. The van der Waals surface area contributed by atoms with Crippen LogP contribution < -0.4 is 5.32 Å². The maximum atomic E-state index is 4.55. The smallest absolute Gasteiger partial charge is 0.202 e. The van der Waals surface area contributed by atoms with Crippen molar-refractivity contribution in [3.05, 3.63) is 60.2 Å². The van der Waals surface area contributed by atoms with E-state index in [1.54, 1.807) is 6.20 Å². The van der Waals surface area contributed by atoms with Crippen LogP contribution in [0.5, 0.6) is 0 Å². The molecule has 0 atom stereocenters. The van der Waals surface area contributed by atoms with Crippen LogP contribution in [-0.2, 0) is 12.0 Å². The van der Waals surface area contributed by atoms with Crippen LogP contribution in [0.4, 0.5) is 5.13 Å². The van der Waals surface area contributed by atoms with E-state index in [-0.39, 0.29) is 5.41 Å². The van der Waals surface area contributed by atoms with Gasteiger partial charge in [0.2, 0.25) is 5.13 Å². The molecule has 0 aliphatic carbocycles. The van der Waals surface area contributed by atoms with Gasteiger partial charge in [0, 0.05) is 35.9 Å². The quantitative estimate of drug-likeness (QED) is 0.767. The van der Waals surface area contributed by atoms with Crippen LogP contribution in [0.2, 0.25) is 0 Å². The lowest BCUT2D eigenvalue weighted by Crippen LogP contribution is -2.13. The average Bonchev–Trinajstić information content (AvgIpc) is 3.04. The highest BCUT2D eigenvalue weighted by atomic mass is 32.1. The summed E-state index contributed by atoms with van der Waals surface area (Å²) in [5, 5.41) is 4.21. The van der Waals surface area contributed by atoms with Gasteiger partial charge in [-0.05, 0) is 22.8 Å². The molecule has 118 valence electrons. The Balaban J connectivity index is 1.64. The first-order valence-electron chi connectivity index (χ1n) is 7.60. The van der Waals surface area contributed by atoms with Crippen molar-refractivity contribution in [1.29, 1.82) is 0 Å². The summed E-state index contributed by atoms with van der Waals surface area (Å²) in [6, 6.07) is 12.5. The van der Waals surface area contributed by atoms with Gasteiger partial charge < -0.3 is 5.32 Å². The number of hydrogen-bond acceptors (Lipinski definition) is 5. The summed E-state index contributed by atoms with van der Waals surface area (Å²) in [7, 11) is 0. The van der Waals surface area contributed by atoms with E-state index in [1.807, 2.05) is 12.3 Å². The van der Waals surface area contributed by atoms with Gasteiger partial charge >= 0.3 is 0 Å². The van der Waals surface area contributed by atoms with Crippen LogP contribution in [0.3, 0.4) is 0 Å². The van der Waals surface area contributed by atoms with Crippen molar-refractivity contribution in [2.24, 2.45) is 0 Å². The molecule has 0 radical (unpaired) electrons. The molecule has 0 fully saturated rings. The Kier molecular flexibility index (Phi) is 4.39. The molecule has 0 aliphatic heterocycles. The van der Waals surface area contributed by atoms with Crippen LogP contribution in [0.1, 0.15) is 32.2 Å². The van der Waals surface area contributed by atoms with Crippen molar-refractivity contribution < 1.29 is 0 Å². The van der Waals surface area contributed by atoms with E-state index in [0.29, 0.717) is 0 Å². The van der Waals surface area contributed by atoms with Gasteiger partial charge in [0.1, 0.15) is 5.82 Å². The Labute approximate surface area is 140 Å². The number of pyridine rings is 1. The molecule has 2 heterocycles. The first kappa shape index (κ1) is 15.6. The topological polar surface area (TPSA) is 50.7 Å². The molecule has 0 bridgehead atoms. The maximum absolute atomic E-state index is 4.55. The third-order valence-corrected chi connectivity index (χ3v) is 4.16. The highest BCUT2D eigenvalue weighted by Gasteiger charge is 2.19. The molecule has 2 aromatic heterocycles. The third-order valence-electron chi connectivity index (χ3n) is 3.49. The zero-order chi connectivity index (χ0) is 16.3. The number of benzene rings is 1. The van der Waals surface area contributed by atoms with E-state index in [2.05, 4.69) is 70.8 Å². The number of nitrogens with zero attached hydrogens (tertiary/aromatic N) is 3. The fourth-order valence-corrected chi connectivity index (χ4v) is 2.88. The maximum Gasteiger partial charge on any atom is 0.202 e.